The van der Waals surface area contributed by atoms with Gasteiger partial charge in [0.25, 0.3) is 0 Å². The number of ether oxygens (including phenoxy) is 1. The monoisotopic (exact) mass is 304 g/mol. The zero-order valence-corrected chi connectivity index (χ0v) is 12.7. The molecule has 0 aliphatic carbocycles. The summed E-state index contributed by atoms with van der Waals surface area (Å²) in [7, 11) is 0. The summed E-state index contributed by atoms with van der Waals surface area (Å²) in [6, 6.07) is 4.98. The lowest BCUT2D eigenvalue weighted by Crippen LogP contribution is -2.29. The lowest BCUT2D eigenvalue weighted by molar-refractivity contribution is -0.154. The number of esters is 1. The van der Waals surface area contributed by atoms with E-state index >= 15 is 0 Å². The highest BCUT2D eigenvalue weighted by Crippen LogP contribution is 2.36. The Hall–Kier alpha value is -0.770. The Morgan fingerprint density at radius 1 is 1.37 bits per heavy atom. The Morgan fingerprint density at radius 2 is 2.00 bits per heavy atom. The van der Waals surface area contributed by atoms with E-state index < -0.39 is 18.0 Å². The van der Waals surface area contributed by atoms with E-state index in [1.165, 1.54) is 0 Å². The summed E-state index contributed by atoms with van der Waals surface area (Å²) in [6.07, 6.45) is -1.04. The van der Waals surface area contributed by atoms with E-state index in [1.807, 2.05) is 13.8 Å². The van der Waals surface area contributed by atoms with Crippen molar-refractivity contribution in [3.8, 4) is 0 Å². The molecule has 5 heteroatoms. The number of hydrogen-bond donors (Lipinski definition) is 1. The van der Waals surface area contributed by atoms with E-state index in [4.69, 9.17) is 27.9 Å². The van der Waals surface area contributed by atoms with Gasteiger partial charge in [0.2, 0.25) is 0 Å². The number of carbonyl (C=O) groups is 1. The number of aliphatic hydroxyl groups excluding tert-OH is 1. The molecule has 0 saturated carbocycles. The van der Waals surface area contributed by atoms with E-state index in [2.05, 4.69) is 0 Å². The maximum absolute atomic E-state index is 11.9. The van der Waals surface area contributed by atoms with Gasteiger partial charge >= 0.3 is 5.97 Å². The Morgan fingerprint density at radius 3 is 2.53 bits per heavy atom. The van der Waals surface area contributed by atoms with Gasteiger partial charge in [0.1, 0.15) is 0 Å². The van der Waals surface area contributed by atoms with Crippen molar-refractivity contribution in [2.45, 2.75) is 26.9 Å². The highest BCUT2D eigenvalue weighted by molar-refractivity contribution is 6.42. The van der Waals surface area contributed by atoms with E-state index in [9.17, 15) is 9.90 Å². The van der Waals surface area contributed by atoms with Gasteiger partial charge in [0.15, 0.2) is 0 Å². The molecule has 0 bridgehead atoms. The number of halogens is 2. The van der Waals surface area contributed by atoms with Gasteiger partial charge in [-0.3, -0.25) is 4.79 Å². The minimum atomic E-state index is -1.04. The van der Waals surface area contributed by atoms with Crippen molar-refractivity contribution in [2.75, 3.05) is 6.61 Å². The Labute approximate surface area is 123 Å². The number of benzene rings is 1. The van der Waals surface area contributed by atoms with E-state index in [0.29, 0.717) is 10.6 Å². The van der Waals surface area contributed by atoms with Crippen LogP contribution in [-0.2, 0) is 9.53 Å². The average molecular weight is 305 g/mol. The summed E-state index contributed by atoms with van der Waals surface area (Å²) < 4.78 is 5.00. The van der Waals surface area contributed by atoms with Crippen LogP contribution in [0.2, 0.25) is 10.0 Å². The first-order valence-corrected chi connectivity index (χ1v) is 6.94. The zero-order chi connectivity index (χ0) is 14.6. The van der Waals surface area contributed by atoms with Crippen molar-refractivity contribution < 1.29 is 14.6 Å². The second-order valence-corrected chi connectivity index (χ2v) is 5.39. The topological polar surface area (TPSA) is 46.5 Å². The Bertz CT molecular complexity index is 446. The van der Waals surface area contributed by atoms with E-state index in [1.54, 1.807) is 25.1 Å². The molecule has 1 N–H and O–H groups in total. The molecule has 0 saturated heterocycles. The first-order chi connectivity index (χ1) is 8.90. The first kappa shape index (κ1) is 16.3. The van der Waals surface area contributed by atoms with Crippen LogP contribution in [0.4, 0.5) is 0 Å². The fourth-order valence-corrected chi connectivity index (χ4v) is 2.37. The molecular weight excluding hydrogens is 287 g/mol. The molecule has 1 rings (SSSR count). The fourth-order valence-electron chi connectivity index (χ4n) is 1.95. The normalized spacial score (nSPS) is 14.3. The summed E-state index contributed by atoms with van der Waals surface area (Å²) in [5.74, 6) is -1.18. The van der Waals surface area contributed by atoms with Crippen LogP contribution in [0.5, 0.6) is 0 Å². The van der Waals surface area contributed by atoms with Crippen LogP contribution in [0, 0.1) is 11.8 Å². The van der Waals surface area contributed by atoms with Gasteiger partial charge in [-0.1, -0.05) is 49.2 Å². The zero-order valence-electron chi connectivity index (χ0n) is 11.2. The summed E-state index contributed by atoms with van der Waals surface area (Å²) >= 11 is 12.0. The standard InChI is InChI=1S/C14H18Cl2O3/c1-4-19-14(18)11(8(2)3)13(17)9-6-5-7-10(15)12(9)16/h5-8,11,13,17H,4H2,1-3H3. The quantitative estimate of drug-likeness (QED) is 0.840. The SMILES string of the molecule is CCOC(=O)C(C(C)C)C(O)c1cccc(Cl)c1Cl. The second-order valence-electron chi connectivity index (χ2n) is 4.61. The van der Waals surface area contributed by atoms with Gasteiger partial charge in [-0.2, -0.15) is 0 Å². The molecule has 0 heterocycles. The number of hydrogen-bond acceptors (Lipinski definition) is 3. The smallest absolute Gasteiger partial charge is 0.312 e. The van der Waals surface area contributed by atoms with Gasteiger partial charge in [-0.25, -0.2) is 0 Å². The third-order valence-corrected chi connectivity index (χ3v) is 3.75. The van der Waals surface area contributed by atoms with Crippen molar-refractivity contribution >= 4 is 29.2 Å². The second kappa shape index (κ2) is 7.13. The number of rotatable bonds is 5. The molecule has 19 heavy (non-hydrogen) atoms. The maximum Gasteiger partial charge on any atom is 0.312 e. The van der Waals surface area contributed by atoms with E-state index in [-0.39, 0.29) is 17.5 Å². The first-order valence-electron chi connectivity index (χ1n) is 6.18. The highest BCUT2D eigenvalue weighted by atomic mass is 35.5. The van der Waals surface area contributed by atoms with Crippen LogP contribution < -0.4 is 0 Å². The molecule has 0 aliphatic heterocycles. The predicted molar refractivity (Wildman–Crippen MR) is 76.4 cm³/mol. The van der Waals surface area contributed by atoms with Crippen LogP contribution in [0.3, 0.4) is 0 Å². The molecule has 1 aromatic carbocycles. The van der Waals surface area contributed by atoms with Crippen LogP contribution in [0.1, 0.15) is 32.4 Å². The van der Waals surface area contributed by atoms with Crippen LogP contribution in [0.25, 0.3) is 0 Å². The van der Waals surface area contributed by atoms with E-state index in [0.717, 1.165) is 0 Å². The molecule has 0 amide bonds. The van der Waals surface area contributed by atoms with Gasteiger partial charge in [0.05, 0.1) is 28.7 Å². The Balaban J connectivity index is 3.09. The van der Waals surface area contributed by atoms with Crippen molar-refractivity contribution in [3.05, 3.63) is 33.8 Å². The van der Waals surface area contributed by atoms with Crippen LogP contribution >= 0.6 is 23.2 Å². The summed E-state index contributed by atoms with van der Waals surface area (Å²) in [4.78, 5) is 11.9. The van der Waals surface area contributed by atoms with Gasteiger partial charge in [0, 0.05) is 5.56 Å². The molecule has 0 aromatic heterocycles. The number of carbonyl (C=O) groups excluding carboxylic acids is 1. The number of aliphatic hydroxyl groups is 1. The van der Waals surface area contributed by atoms with Crippen LogP contribution in [0.15, 0.2) is 18.2 Å². The van der Waals surface area contributed by atoms with Crippen molar-refractivity contribution in [2.24, 2.45) is 11.8 Å². The van der Waals surface area contributed by atoms with Crippen molar-refractivity contribution in [1.29, 1.82) is 0 Å². The predicted octanol–water partition coefficient (Wildman–Crippen LogP) is 3.86. The lowest BCUT2D eigenvalue weighted by atomic mass is 9.86. The molecule has 2 atom stereocenters. The minimum absolute atomic E-state index is 0.0795. The average Bonchev–Trinajstić information content (AvgIpc) is 2.32. The third-order valence-electron chi connectivity index (χ3n) is 2.92. The molecule has 0 radical (unpaired) electrons. The molecule has 0 fully saturated rings. The third kappa shape index (κ3) is 3.85. The fraction of sp³-hybridized carbons (Fsp3) is 0.500. The Kier molecular flexibility index (Phi) is 6.11. The lowest BCUT2D eigenvalue weighted by Gasteiger charge is -2.25. The summed E-state index contributed by atoms with van der Waals surface area (Å²) in [5, 5.41) is 11.0. The van der Waals surface area contributed by atoms with Gasteiger partial charge < -0.3 is 9.84 Å². The van der Waals surface area contributed by atoms with Crippen molar-refractivity contribution in [3.63, 3.8) is 0 Å². The molecule has 2 unspecified atom stereocenters. The van der Waals surface area contributed by atoms with Gasteiger partial charge in [-0.15, -0.1) is 0 Å². The summed E-state index contributed by atoms with van der Waals surface area (Å²) in [6.45, 7) is 5.71. The molecule has 0 spiro atoms. The molecule has 0 aliphatic rings. The molecule has 1 aromatic rings. The van der Waals surface area contributed by atoms with Gasteiger partial charge in [-0.05, 0) is 18.9 Å². The minimum Gasteiger partial charge on any atom is -0.466 e. The highest BCUT2D eigenvalue weighted by Gasteiger charge is 2.33. The molecule has 106 valence electrons. The molecular formula is C14H18Cl2O3. The molecule has 3 nitrogen and oxygen atoms in total. The largest absolute Gasteiger partial charge is 0.466 e. The summed E-state index contributed by atoms with van der Waals surface area (Å²) in [5.41, 5.74) is 0.445. The van der Waals surface area contributed by atoms with Crippen LogP contribution in [-0.4, -0.2) is 17.7 Å². The van der Waals surface area contributed by atoms with Crippen molar-refractivity contribution in [1.82, 2.24) is 0 Å². The maximum atomic E-state index is 11.9.